The average molecular weight is 763 g/mol. The molecule has 6 unspecified atom stereocenters. The molecule has 6 nitrogen and oxygen atoms in total. The molecule has 3 saturated carbocycles. The van der Waals surface area contributed by atoms with Gasteiger partial charge in [-0.3, -0.25) is 0 Å². The molecule has 0 amide bonds. The van der Waals surface area contributed by atoms with E-state index in [2.05, 4.69) is 41.5 Å². The number of unbranched alkanes of at least 4 members (excludes halogenated alkanes) is 1. The van der Waals surface area contributed by atoms with Crippen LogP contribution in [-0.4, -0.2) is 57.0 Å². The molecule has 6 fully saturated rings. The number of hydrogen-bond acceptors (Lipinski definition) is 6. The second-order valence-corrected chi connectivity index (χ2v) is 18.4. The number of ether oxygens (including phenoxy) is 6. The Kier molecular flexibility index (Phi) is 23.6. The zero-order valence-corrected chi connectivity index (χ0v) is 36.6. The number of hydrogen-bond donors (Lipinski definition) is 0. The Labute approximate surface area is 335 Å². The van der Waals surface area contributed by atoms with Crippen LogP contribution in [0, 0.1) is 35.5 Å². The maximum absolute atomic E-state index is 6.20. The lowest BCUT2D eigenvalue weighted by Crippen LogP contribution is -2.38. The van der Waals surface area contributed by atoms with Gasteiger partial charge in [-0.15, -0.1) is 0 Å². The maximum atomic E-state index is 6.20. The van der Waals surface area contributed by atoms with Crippen LogP contribution in [0.1, 0.15) is 215 Å². The van der Waals surface area contributed by atoms with Gasteiger partial charge in [-0.05, 0) is 133 Å². The van der Waals surface area contributed by atoms with Crippen LogP contribution >= 0.6 is 0 Å². The predicted molar refractivity (Wildman–Crippen MR) is 223 cm³/mol. The minimum Gasteiger partial charge on any atom is -0.352 e. The van der Waals surface area contributed by atoms with Crippen molar-refractivity contribution >= 4 is 0 Å². The van der Waals surface area contributed by atoms with Crippen molar-refractivity contribution in [2.75, 3.05) is 19.8 Å². The zero-order chi connectivity index (χ0) is 38.4. The van der Waals surface area contributed by atoms with Crippen LogP contribution in [-0.2, 0) is 28.4 Å². The molecule has 0 radical (unpaired) electrons. The summed E-state index contributed by atoms with van der Waals surface area (Å²) >= 11 is 0. The molecule has 3 saturated heterocycles. The van der Waals surface area contributed by atoms with E-state index in [-0.39, 0.29) is 18.9 Å². The SMILES string of the molecule is CCCC1CCC(C2OCCC(CC)O2)CC1.CCCC1CCC(C2OCCC(CCC)O2)CC1.CCCCC1CCOC(C2CCC(CCC)CC2)O1. The van der Waals surface area contributed by atoms with Crippen molar-refractivity contribution in [3.63, 3.8) is 0 Å². The van der Waals surface area contributed by atoms with Gasteiger partial charge in [0.25, 0.3) is 0 Å². The van der Waals surface area contributed by atoms with Gasteiger partial charge in [0, 0.05) is 17.8 Å². The van der Waals surface area contributed by atoms with Crippen molar-refractivity contribution in [3.8, 4) is 0 Å². The Hall–Kier alpha value is -0.240. The van der Waals surface area contributed by atoms with E-state index in [0.29, 0.717) is 36.1 Å². The smallest absolute Gasteiger partial charge is 0.160 e. The largest absolute Gasteiger partial charge is 0.352 e. The van der Waals surface area contributed by atoms with E-state index in [4.69, 9.17) is 28.4 Å². The lowest BCUT2D eigenvalue weighted by Gasteiger charge is -2.38. The Morgan fingerprint density at radius 2 is 0.667 bits per heavy atom. The second kappa shape index (κ2) is 27.4. The van der Waals surface area contributed by atoms with Crippen LogP contribution < -0.4 is 0 Å². The molecule has 0 bridgehead atoms. The molecule has 6 rings (SSSR count). The highest BCUT2D eigenvalue weighted by atomic mass is 16.7. The second-order valence-electron chi connectivity index (χ2n) is 18.4. The fraction of sp³-hybridized carbons (Fsp3) is 1.00. The first-order chi connectivity index (χ1) is 26.5. The highest BCUT2D eigenvalue weighted by Crippen LogP contribution is 2.39. The first-order valence-corrected chi connectivity index (χ1v) is 24.3. The van der Waals surface area contributed by atoms with Crippen molar-refractivity contribution in [2.24, 2.45) is 35.5 Å². The Balaban J connectivity index is 0.000000181. The number of rotatable bonds is 15. The maximum Gasteiger partial charge on any atom is 0.160 e. The molecule has 3 aliphatic heterocycles. The topological polar surface area (TPSA) is 55.4 Å². The molecule has 3 heterocycles. The van der Waals surface area contributed by atoms with E-state index in [1.165, 1.54) is 148 Å². The summed E-state index contributed by atoms with van der Waals surface area (Å²) in [6.45, 7) is 16.3. The van der Waals surface area contributed by atoms with Gasteiger partial charge < -0.3 is 28.4 Å². The van der Waals surface area contributed by atoms with Gasteiger partial charge in [0.15, 0.2) is 18.9 Å². The van der Waals surface area contributed by atoms with Crippen LogP contribution in [0.25, 0.3) is 0 Å². The van der Waals surface area contributed by atoms with Gasteiger partial charge in [0.1, 0.15) is 0 Å². The molecule has 0 aromatic heterocycles. The summed E-state index contributed by atoms with van der Waals surface area (Å²) in [7, 11) is 0. The van der Waals surface area contributed by atoms with E-state index in [1.807, 2.05) is 0 Å². The zero-order valence-electron chi connectivity index (χ0n) is 36.6. The minimum atomic E-state index is 0.108. The molecular weight excluding hydrogens is 673 g/mol. The van der Waals surface area contributed by atoms with Crippen LogP contribution in [0.15, 0.2) is 0 Å². The molecule has 0 spiro atoms. The lowest BCUT2D eigenvalue weighted by atomic mass is 9.79. The standard InChI is InChI=1S/C17H32O2.C16H30O2.C15H28O2/c1-3-5-7-16-12-13-18-17(19-16)15-10-8-14(6-4-2)9-11-15;1-3-5-13-7-9-14(10-8-13)16-17-12-11-15(18-16)6-4-2;1-3-5-12-6-8-13(9-7-12)15-16-11-10-14(4-2)17-15/h14-17H,3-13H2,1-2H3;13-16H,3-12H2,1-2H3;12-15H,3-11H2,1-2H3. The summed E-state index contributed by atoms with van der Waals surface area (Å²) < 4.78 is 36.0. The average Bonchev–Trinajstić information content (AvgIpc) is 3.22. The van der Waals surface area contributed by atoms with Crippen LogP contribution in [0.5, 0.6) is 0 Å². The highest BCUT2D eigenvalue weighted by molar-refractivity contribution is 4.80. The summed E-state index contributed by atoms with van der Waals surface area (Å²) in [5.74, 6) is 4.91. The van der Waals surface area contributed by atoms with Gasteiger partial charge in [-0.25, -0.2) is 0 Å². The van der Waals surface area contributed by atoms with E-state index < -0.39 is 0 Å². The summed E-state index contributed by atoms with van der Waals surface area (Å²) in [6.07, 6.45) is 36.8. The quantitative estimate of drug-likeness (QED) is 0.166. The normalized spacial score (nSPS) is 37.7. The van der Waals surface area contributed by atoms with Gasteiger partial charge >= 0.3 is 0 Å². The van der Waals surface area contributed by atoms with Crippen molar-refractivity contribution in [1.82, 2.24) is 0 Å². The predicted octanol–water partition coefficient (Wildman–Crippen LogP) is 13.6. The molecule has 54 heavy (non-hydrogen) atoms. The molecule has 3 aliphatic carbocycles. The van der Waals surface area contributed by atoms with Gasteiger partial charge in [-0.2, -0.15) is 0 Å². The molecular formula is C48H90O6. The Morgan fingerprint density at radius 1 is 0.333 bits per heavy atom. The van der Waals surface area contributed by atoms with E-state index in [9.17, 15) is 0 Å². The van der Waals surface area contributed by atoms with E-state index >= 15 is 0 Å². The van der Waals surface area contributed by atoms with Gasteiger partial charge in [-0.1, -0.05) is 99.3 Å². The lowest BCUT2D eigenvalue weighted by molar-refractivity contribution is -0.241. The summed E-state index contributed by atoms with van der Waals surface area (Å²) in [4.78, 5) is 0. The highest BCUT2D eigenvalue weighted by Gasteiger charge is 2.35. The molecule has 6 heteroatoms. The fourth-order valence-electron chi connectivity index (χ4n) is 10.5. The third-order valence-electron chi connectivity index (χ3n) is 14.0. The van der Waals surface area contributed by atoms with Crippen molar-refractivity contribution in [1.29, 1.82) is 0 Å². The molecule has 0 N–H and O–H groups in total. The first-order valence-electron chi connectivity index (χ1n) is 24.3. The Bertz CT molecular complexity index is 890. The van der Waals surface area contributed by atoms with Gasteiger partial charge in [0.2, 0.25) is 0 Å². The van der Waals surface area contributed by atoms with Crippen LogP contribution in [0.3, 0.4) is 0 Å². The van der Waals surface area contributed by atoms with Gasteiger partial charge in [0.05, 0.1) is 38.1 Å². The molecule has 6 atom stereocenters. The summed E-state index contributed by atoms with van der Waals surface area (Å²) in [6, 6.07) is 0. The van der Waals surface area contributed by atoms with Crippen LogP contribution in [0.4, 0.5) is 0 Å². The molecule has 0 aromatic rings. The molecule has 318 valence electrons. The molecule has 6 aliphatic rings. The molecule has 0 aromatic carbocycles. The van der Waals surface area contributed by atoms with Crippen molar-refractivity contribution in [3.05, 3.63) is 0 Å². The van der Waals surface area contributed by atoms with E-state index in [0.717, 1.165) is 63.3 Å². The monoisotopic (exact) mass is 763 g/mol. The first kappa shape index (κ1) is 46.4. The summed E-state index contributed by atoms with van der Waals surface area (Å²) in [5.41, 5.74) is 0. The third kappa shape index (κ3) is 16.6. The Morgan fingerprint density at radius 3 is 1.00 bits per heavy atom. The van der Waals surface area contributed by atoms with E-state index in [1.54, 1.807) is 0 Å². The van der Waals surface area contributed by atoms with Crippen LogP contribution in [0.2, 0.25) is 0 Å². The fourth-order valence-corrected chi connectivity index (χ4v) is 10.5. The van der Waals surface area contributed by atoms with Crippen molar-refractivity contribution < 1.29 is 28.4 Å². The summed E-state index contributed by atoms with van der Waals surface area (Å²) in [5, 5.41) is 0. The van der Waals surface area contributed by atoms with Crippen molar-refractivity contribution in [2.45, 2.75) is 252 Å². The minimum absolute atomic E-state index is 0.108. The third-order valence-corrected chi connectivity index (χ3v) is 14.0.